The molecular formula is C8H14N4. The van der Waals surface area contributed by atoms with Crippen molar-refractivity contribution in [2.24, 2.45) is 0 Å². The Kier molecular flexibility index (Phi) is 1.84. The molecule has 2 heterocycles. The second-order valence-corrected chi connectivity index (χ2v) is 3.30. The number of hydrogen-bond acceptors (Lipinski definition) is 3. The van der Waals surface area contributed by atoms with E-state index in [-0.39, 0.29) is 5.54 Å². The molecule has 1 aromatic rings. The van der Waals surface area contributed by atoms with Crippen LogP contribution in [0.25, 0.3) is 0 Å². The number of aromatic nitrogens is 3. The van der Waals surface area contributed by atoms with E-state index < -0.39 is 0 Å². The van der Waals surface area contributed by atoms with Crippen molar-refractivity contribution >= 4 is 0 Å². The summed E-state index contributed by atoms with van der Waals surface area (Å²) in [6.07, 6.45) is 5.04. The minimum atomic E-state index is 0.0799. The first kappa shape index (κ1) is 7.73. The van der Waals surface area contributed by atoms with Crippen LogP contribution in [0.4, 0.5) is 0 Å². The van der Waals surface area contributed by atoms with Gasteiger partial charge in [-0.2, -0.15) is 5.10 Å². The lowest BCUT2D eigenvalue weighted by Gasteiger charge is -2.24. The quantitative estimate of drug-likeness (QED) is 0.683. The molecule has 1 unspecified atom stereocenters. The fraction of sp³-hybridized carbons (Fsp3) is 0.750. The SMILES string of the molecule is CCC1(c2ncn[nH]2)CCCN1. The molecular weight excluding hydrogens is 152 g/mol. The van der Waals surface area contributed by atoms with Crippen LogP contribution in [0.2, 0.25) is 0 Å². The second kappa shape index (κ2) is 2.86. The Morgan fingerprint density at radius 1 is 1.67 bits per heavy atom. The summed E-state index contributed by atoms with van der Waals surface area (Å²) in [4.78, 5) is 4.21. The molecule has 12 heavy (non-hydrogen) atoms. The largest absolute Gasteiger partial charge is 0.305 e. The Morgan fingerprint density at radius 2 is 2.58 bits per heavy atom. The van der Waals surface area contributed by atoms with Gasteiger partial charge in [-0.25, -0.2) is 4.98 Å². The topological polar surface area (TPSA) is 53.6 Å². The van der Waals surface area contributed by atoms with Crippen molar-refractivity contribution in [1.29, 1.82) is 0 Å². The predicted molar refractivity (Wildman–Crippen MR) is 45.6 cm³/mol. The fourth-order valence-electron chi connectivity index (χ4n) is 1.91. The predicted octanol–water partition coefficient (Wildman–Crippen LogP) is 0.793. The van der Waals surface area contributed by atoms with Gasteiger partial charge in [-0.05, 0) is 25.8 Å². The standard InChI is InChI=1S/C8H14N4/c1-2-8(4-3-5-10-8)7-9-6-11-12-7/h6,10H,2-5H2,1H3,(H,9,11,12). The highest BCUT2D eigenvalue weighted by Gasteiger charge is 2.35. The van der Waals surface area contributed by atoms with Gasteiger partial charge < -0.3 is 5.32 Å². The minimum Gasteiger partial charge on any atom is -0.305 e. The second-order valence-electron chi connectivity index (χ2n) is 3.30. The van der Waals surface area contributed by atoms with Gasteiger partial charge in [0, 0.05) is 0 Å². The van der Waals surface area contributed by atoms with E-state index in [2.05, 4.69) is 27.4 Å². The summed E-state index contributed by atoms with van der Waals surface area (Å²) in [6, 6.07) is 0. The lowest BCUT2D eigenvalue weighted by molar-refractivity contribution is 0.354. The van der Waals surface area contributed by atoms with Gasteiger partial charge in [-0.15, -0.1) is 0 Å². The molecule has 1 aliphatic heterocycles. The average molecular weight is 166 g/mol. The summed E-state index contributed by atoms with van der Waals surface area (Å²) in [5, 5.41) is 10.3. The summed E-state index contributed by atoms with van der Waals surface area (Å²) in [5.74, 6) is 0.988. The highest BCUT2D eigenvalue weighted by molar-refractivity contribution is 5.06. The van der Waals surface area contributed by atoms with Gasteiger partial charge in [0.25, 0.3) is 0 Å². The number of H-pyrrole nitrogens is 1. The van der Waals surface area contributed by atoms with E-state index in [1.807, 2.05) is 0 Å². The fourth-order valence-corrected chi connectivity index (χ4v) is 1.91. The van der Waals surface area contributed by atoms with Gasteiger partial charge in [0.2, 0.25) is 0 Å². The lowest BCUT2D eigenvalue weighted by atomic mass is 9.93. The van der Waals surface area contributed by atoms with Crippen LogP contribution in [0, 0.1) is 0 Å². The van der Waals surface area contributed by atoms with E-state index in [0.717, 1.165) is 18.8 Å². The van der Waals surface area contributed by atoms with Gasteiger partial charge in [-0.3, -0.25) is 5.10 Å². The molecule has 0 bridgehead atoms. The Hall–Kier alpha value is -0.900. The molecule has 1 fully saturated rings. The molecule has 2 N–H and O–H groups in total. The molecule has 2 rings (SSSR count). The molecule has 1 aliphatic rings. The number of nitrogens with one attached hydrogen (secondary N) is 2. The first-order valence-corrected chi connectivity index (χ1v) is 4.48. The maximum Gasteiger partial charge on any atom is 0.144 e. The van der Waals surface area contributed by atoms with Crippen molar-refractivity contribution in [1.82, 2.24) is 20.5 Å². The van der Waals surface area contributed by atoms with Crippen LogP contribution >= 0.6 is 0 Å². The van der Waals surface area contributed by atoms with Gasteiger partial charge >= 0.3 is 0 Å². The smallest absolute Gasteiger partial charge is 0.144 e. The number of rotatable bonds is 2. The molecule has 0 amide bonds. The van der Waals surface area contributed by atoms with Crippen molar-refractivity contribution in [3.8, 4) is 0 Å². The molecule has 0 saturated carbocycles. The molecule has 1 saturated heterocycles. The zero-order valence-electron chi connectivity index (χ0n) is 7.30. The summed E-state index contributed by atoms with van der Waals surface area (Å²) in [5.41, 5.74) is 0.0799. The Labute approximate surface area is 71.8 Å². The first-order chi connectivity index (χ1) is 5.87. The van der Waals surface area contributed by atoms with Crippen molar-refractivity contribution in [2.75, 3.05) is 6.54 Å². The summed E-state index contributed by atoms with van der Waals surface area (Å²) < 4.78 is 0. The normalized spacial score (nSPS) is 29.4. The maximum absolute atomic E-state index is 4.21. The van der Waals surface area contributed by atoms with Crippen LogP contribution in [0.1, 0.15) is 32.0 Å². The third kappa shape index (κ3) is 1.03. The van der Waals surface area contributed by atoms with Crippen molar-refractivity contribution in [2.45, 2.75) is 31.7 Å². The van der Waals surface area contributed by atoms with Crippen molar-refractivity contribution in [3.05, 3.63) is 12.2 Å². The van der Waals surface area contributed by atoms with Crippen LogP contribution in [0.5, 0.6) is 0 Å². The minimum absolute atomic E-state index is 0.0799. The van der Waals surface area contributed by atoms with Crippen LogP contribution < -0.4 is 5.32 Å². The Morgan fingerprint density at radius 3 is 3.08 bits per heavy atom. The summed E-state index contributed by atoms with van der Waals surface area (Å²) >= 11 is 0. The molecule has 1 aromatic heterocycles. The Bertz CT molecular complexity index is 236. The number of nitrogens with zero attached hydrogens (tertiary/aromatic N) is 2. The zero-order valence-corrected chi connectivity index (χ0v) is 7.30. The van der Waals surface area contributed by atoms with E-state index in [1.165, 1.54) is 12.8 Å². The van der Waals surface area contributed by atoms with Crippen LogP contribution in [-0.2, 0) is 5.54 Å². The third-order valence-corrected chi connectivity index (χ3v) is 2.72. The molecule has 66 valence electrons. The Balaban J connectivity index is 2.28. The number of aromatic amines is 1. The molecule has 0 aromatic carbocycles. The van der Waals surface area contributed by atoms with E-state index in [9.17, 15) is 0 Å². The average Bonchev–Trinajstić information content (AvgIpc) is 2.76. The van der Waals surface area contributed by atoms with Crippen molar-refractivity contribution in [3.63, 3.8) is 0 Å². The van der Waals surface area contributed by atoms with Gasteiger partial charge in [0.15, 0.2) is 0 Å². The van der Waals surface area contributed by atoms with E-state index in [4.69, 9.17) is 0 Å². The highest BCUT2D eigenvalue weighted by atomic mass is 15.2. The van der Waals surface area contributed by atoms with E-state index >= 15 is 0 Å². The first-order valence-electron chi connectivity index (χ1n) is 4.48. The summed E-state index contributed by atoms with van der Waals surface area (Å²) in [6.45, 7) is 3.27. The summed E-state index contributed by atoms with van der Waals surface area (Å²) in [7, 11) is 0. The highest BCUT2D eigenvalue weighted by Crippen LogP contribution is 2.30. The molecule has 0 aliphatic carbocycles. The van der Waals surface area contributed by atoms with Crippen LogP contribution in [0.15, 0.2) is 6.33 Å². The molecule has 0 radical (unpaired) electrons. The van der Waals surface area contributed by atoms with Gasteiger partial charge in [0.05, 0.1) is 5.54 Å². The van der Waals surface area contributed by atoms with E-state index in [1.54, 1.807) is 6.33 Å². The lowest BCUT2D eigenvalue weighted by Crippen LogP contribution is -2.37. The number of hydrogen-bond donors (Lipinski definition) is 2. The monoisotopic (exact) mass is 166 g/mol. The third-order valence-electron chi connectivity index (χ3n) is 2.72. The molecule has 4 heteroatoms. The molecule has 1 atom stereocenters. The zero-order chi connectivity index (χ0) is 8.44. The van der Waals surface area contributed by atoms with Gasteiger partial charge in [0.1, 0.15) is 12.2 Å². The van der Waals surface area contributed by atoms with Crippen molar-refractivity contribution < 1.29 is 0 Å². The molecule has 4 nitrogen and oxygen atoms in total. The van der Waals surface area contributed by atoms with Gasteiger partial charge in [-0.1, -0.05) is 6.92 Å². The van der Waals surface area contributed by atoms with Crippen LogP contribution in [0.3, 0.4) is 0 Å². The maximum atomic E-state index is 4.21. The molecule has 0 spiro atoms. The van der Waals surface area contributed by atoms with Crippen LogP contribution in [-0.4, -0.2) is 21.7 Å². The van der Waals surface area contributed by atoms with E-state index in [0.29, 0.717) is 0 Å².